The van der Waals surface area contributed by atoms with E-state index in [4.69, 9.17) is 5.73 Å². The van der Waals surface area contributed by atoms with Crippen LogP contribution in [0.4, 0.5) is 11.5 Å². The summed E-state index contributed by atoms with van der Waals surface area (Å²) in [6.07, 6.45) is 4.26. The highest BCUT2D eigenvalue weighted by atomic mass is 16.2. The van der Waals surface area contributed by atoms with Crippen molar-refractivity contribution < 1.29 is 0 Å². The van der Waals surface area contributed by atoms with Crippen molar-refractivity contribution in [3.63, 3.8) is 0 Å². The van der Waals surface area contributed by atoms with Crippen molar-refractivity contribution in [1.29, 1.82) is 0 Å². The smallest absolute Gasteiger partial charge is 0.332 e. The number of anilines is 2. The third-order valence-electron chi connectivity index (χ3n) is 2.97. The first-order chi connectivity index (χ1) is 9.04. The van der Waals surface area contributed by atoms with Crippen LogP contribution >= 0.6 is 0 Å². The molecule has 0 saturated carbocycles. The van der Waals surface area contributed by atoms with E-state index in [9.17, 15) is 9.59 Å². The molecule has 0 aromatic carbocycles. The molecule has 6 heteroatoms. The Hall–Kier alpha value is -1.98. The molecule has 0 spiro atoms. The van der Waals surface area contributed by atoms with E-state index < -0.39 is 0 Å². The Morgan fingerprint density at radius 2 is 2.11 bits per heavy atom. The van der Waals surface area contributed by atoms with Gasteiger partial charge >= 0.3 is 5.69 Å². The van der Waals surface area contributed by atoms with Crippen LogP contribution < -0.4 is 22.3 Å². The second kappa shape index (κ2) is 6.82. The molecule has 1 aromatic heterocycles. The monoisotopic (exact) mass is 266 g/mol. The maximum Gasteiger partial charge on any atom is 0.332 e. The number of unbranched alkanes of at least 4 members (excludes halogenated alkanes) is 1. The van der Waals surface area contributed by atoms with Gasteiger partial charge in [-0.3, -0.25) is 13.9 Å². The Balaban J connectivity index is 3.22. The molecule has 6 nitrogen and oxygen atoms in total. The standard InChI is InChI=1S/C13H22N4O2/c1-4-6-8-15-10-11(14)17(9-7-5-2)13(19)16(3)12(10)18/h4,15H,1,5-9,14H2,2-3H3. The lowest BCUT2D eigenvalue weighted by Gasteiger charge is -2.15. The van der Waals surface area contributed by atoms with Gasteiger partial charge in [-0.15, -0.1) is 6.58 Å². The van der Waals surface area contributed by atoms with Crippen molar-refractivity contribution in [3.8, 4) is 0 Å². The number of hydrogen-bond acceptors (Lipinski definition) is 4. The number of nitrogens with zero attached hydrogens (tertiary/aromatic N) is 2. The topological polar surface area (TPSA) is 82.0 Å². The zero-order valence-electron chi connectivity index (χ0n) is 11.6. The third-order valence-corrected chi connectivity index (χ3v) is 2.97. The average molecular weight is 266 g/mol. The van der Waals surface area contributed by atoms with Crippen molar-refractivity contribution in [2.24, 2.45) is 7.05 Å². The predicted molar refractivity (Wildman–Crippen MR) is 78.6 cm³/mol. The summed E-state index contributed by atoms with van der Waals surface area (Å²) in [7, 11) is 1.46. The molecule has 0 aliphatic carbocycles. The normalized spacial score (nSPS) is 10.4. The van der Waals surface area contributed by atoms with Crippen LogP contribution in [-0.4, -0.2) is 15.7 Å². The molecular formula is C13H22N4O2. The fourth-order valence-corrected chi connectivity index (χ4v) is 1.78. The molecule has 0 unspecified atom stereocenters. The van der Waals surface area contributed by atoms with Crippen LogP contribution in [0.3, 0.4) is 0 Å². The summed E-state index contributed by atoms with van der Waals surface area (Å²) >= 11 is 0. The first-order valence-corrected chi connectivity index (χ1v) is 6.48. The molecular weight excluding hydrogens is 244 g/mol. The largest absolute Gasteiger partial charge is 0.383 e. The minimum atomic E-state index is -0.390. The predicted octanol–water partition coefficient (Wildman–Crippen LogP) is 0.917. The van der Waals surface area contributed by atoms with Crippen molar-refractivity contribution in [3.05, 3.63) is 33.5 Å². The lowest BCUT2D eigenvalue weighted by molar-refractivity contribution is 0.575. The van der Waals surface area contributed by atoms with Crippen LogP contribution in [-0.2, 0) is 13.6 Å². The number of nitrogens with one attached hydrogen (secondary N) is 1. The van der Waals surface area contributed by atoms with E-state index >= 15 is 0 Å². The van der Waals surface area contributed by atoms with Gasteiger partial charge in [0.05, 0.1) is 0 Å². The second-order valence-electron chi connectivity index (χ2n) is 4.42. The van der Waals surface area contributed by atoms with Gasteiger partial charge in [-0.25, -0.2) is 4.79 Å². The van der Waals surface area contributed by atoms with Gasteiger partial charge in [0.1, 0.15) is 11.5 Å². The zero-order valence-corrected chi connectivity index (χ0v) is 11.6. The number of nitrogens with two attached hydrogens (primary N) is 1. The highest BCUT2D eigenvalue weighted by Crippen LogP contribution is 2.11. The zero-order chi connectivity index (χ0) is 14.4. The molecule has 0 fully saturated rings. The molecule has 0 aliphatic rings. The Labute approximate surface area is 112 Å². The third kappa shape index (κ3) is 3.27. The van der Waals surface area contributed by atoms with Gasteiger partial charge < -0.3 is 11.1 Å². The van der Waals surface area contributed by atoms with Crippen LogP contribution in [0.1, 0.15) is 26.2 Å². The summed E-state index contributed by atoms with van der Waals surface area (Å²) < 4.78 is 2.53. The Morgan fingerprint density at radius 1 is 1.42 bits per heavy atom. The van der Waals surface area contributed by atoms with Gasteiger partial charge in [-0.05, 0) is 12.8 Å². The van der Waals surface area contributed by atoms with Crippen molar-refractivity contribution in [2.75, 3.05) is 17.6 Å². The van der Waals surface area contributed by atoms with Crippen LogP contribution in [0.5, 0.6) is 0 Å². The molecule has 1 aromatic rings. The quantitative estimate of drug-likeness (QED) is 0.568. The van der Waals surface area contributed by atoms with Crippen LogP contribution in [0.2, 0.25) is 0 Å². The molecule has 0 aliphatic heterocycles. The van der Waals surface area contributed by atoms with Crippen LogP contribution in [0.25, 0.3) is 0 Å². The van der Waals surface area contributed by atoms with Gasteiger partial charge in [0, 0.05) is 20.1 Å². The van der Waals surface area contributed by atoms with E-state index in [1.807, 2.05) is 6.92 Å². The van der Waals surface area contributed by atoms with Gasteiger partial charge in [-0.2, -0.15) is 0 Å². The molecule has 1 rings (SSSR count). The van der Waals surface area contributed by atoms with Gasteiger partial charge in [0.15, 0.2) is 0 Å². The summed E-state index contributed by atoms with van der Waals surface area (Å²) in [5, 5.41) is 2.98. The minimum absolute atomic E-state index is 0.214. The number of hydrogen-bond donors (Lipinski definition) is 2. The van der Waals surface area contributed by atoms with Crippen molar-refractivity contribution >= 4 is 11.5 Å². The van der Waals surface area contributed by atoms with E-state index in [1.165, 1.54) is 11.6 Å². The summed E-state index contributed by atoms with van der Waals surface area (Å²) in [6, 6.07) is 0. The maximum atomic E-state index is 12.0. The molecule has 3 N–H and O–H groups in total. The second-order valence-corrected chi connectivity index (χ2v) is 4.42. The Morgan fingerprint density at radius 3 is 2.68 bits per heavy atom. The number of rotatable bonds is 7. The van der Waals surface area contributed by atoms with Gasteiger partial charge in [0.25, 0.3) is 5.56 Å². The van der Waals surface area contributed by atoms with E-state index in [-0.39, 0.29) is 17.1 Å². The number of nitrogen functional groups attached to an aromatic ring is 1. The van der Waals surface area contributed by atoms with Crippen LogP contribution in [0, 0.1) is 0 Å². The van der Waals surface area contributed by atoms with E-state index in [0.717, 1.165) is 23.8 Å². The van der Waals surface area contributed by atoms with Crippen molar-refractivity contribution in [1.82, 2.24) is 9.13 Å². The molecule has 0 saturated heterocycles. The Kier molecular flexibility index (Phi) is 5.41. The first-order valence-electron chi connectivity index (χ1n) is 6.48. The Bertz CT molecular complexity index is 557. The SMILES string of the molecule is C=CCCNc1c(N)n(CCCC)c(=O)n(C)c1=O. The van der Waals surface area contributed by atoms with E-state index in [2.05, 4.69) is 11.9 Å². The molecule has 0 bridgehead atoms. The first kappa shape index (κ1) is 15.1. The summed E-state index contributed by atoms with van der Waals surface area (Å²) in [6.45, 7) is 6.73. The fourth-order valence-electron chi connectivity index (χ4n) is 1.78. The summed E-state index contributed by atoms with van der Waals surface area (Å²) in [5.41, 5.74) is 5.47. The van der Waals surface area contributed by atoms with Gasteiger partial charge in [0.2, 0.25) is 0 Å². The van der Waals surface area contributed by atoms with E-state index in [0.29, 0.717) is 18.8 Å². The van der Waals surface area contributed by atoms with Gasteiger partial charge in [-0.1, -0.05) is 19.4 Å². The van der Waals surface area contributed by atoms with E-state index in [1.54, 1.807) is 6.08 Å². The summed E-state index contributed by atoms with van der Waals surface area (Å²) in [5.74, 6) is 0.214. The lowest BCUT2D eigenvalue weighted by Crippen LogP contribution is -2.40. The molecule has 106 valence electrons. The molecule has 0 radical (unpaired) electrons. The molecule has 1 heterocycles. The average Bonchev–Trinajstić information content (AvgIpc) is 2.40. The summed E-state index contributed by atoms with van der Waals surface area (Å²) in [4.78, 5) is 24.0. The highest BCUT2D eigenvalue weighted by molar-refractivity contribution is 5.60. The van der Waals surface area contributed by atoms with Crippen LogP contribution in [0.15, 0.2) is 22.2 Å². The molecule has 0 amide bonds. The molecule has 19 heavy (non-hydrogen) atoms. The highest BCUT2D eigenvalue weighted by Gasteiger charge is 2.14. The maximum absolute atomic E-state index is 12.0. The molecule has 0 atom stereocenters. The fraction of sp³-hybridized carbons (Fsp3) is 0.538. The van der Waals surface area contributed by atoms with Crippen molar-refractivity contribution in [2.45, 2.75) is 32.7 Å². The lowest BCUT2D eigenvalue weighted by atomic mass is 10.3. The number of aromatic nitrogens is 2. The minimum Gasteiger partial charge on any atom is -0.383 e.